The molecule has 7 nitrogen and oxygen atoms in total. The van der Waals surface area contributed by atoms with Crippen LogP contribution in [0.15, 0.2) is 52.9 Å². The van der Waals surface area contributed by atoms with Gasteiger partial charge in [-0.15, -0.1) is 10.2 Å². The van der Waals surface area contributed by atoms with Gasteiger partial charge in [-0.1, -0.05) is 23.7 Å². The molecule has 0 radical (unpaired) electrons. The molecule has 0 fully saturated rings. The minimum Gasteiger partial charge on any atom is -0.419 e. The number of hydrogen-bond donors (Lipinski definition) is 0. The Kier molecular flexibility index (Phi) is 5.29. The van der Waals surface area contributed by atoms with Gasteiger partial charge in [0.15, 0.2) is 0 Å². The van der Waals surface area contributed by atoms with E-state index in [1.807, 2.05) is 38.2 Å². The van der Waals surface area contributed by atoms with E-state index in [1.165, 1.54) is 12.1 Å². The van der Waals surface area contributed by atoms with Crippen molar-refractivity contribution in [1.29, 1.82) is 0 Å². The van der Waals surface area contributed by atoms with Gasteiger partial charge in [0.2, 0.25) is 11.8 Å². The molecule has 0 amide bonds. The highest BCUT2D eigenvalue weighted by atomic mass is 35.5. The molecule has 0 N–H and O–H groups in total. The maximum Gasteiger partial charge on any atom is 0.269 e. The highest BCUT2D eigenvalue weighted by molar-refractivity contribution is 6.30. The number of hydrogen-bond acceptors (Lipinski definition) is 6. The van der Waals surface area contributed by atoms with E-state index in [0.717, 1.165) is 5.56 Å². The summed E-state index contributed by atoms with van der Waals surface area (Å²) in [6.45, 7) is 2.68. The lowest BCUT2D eigenvalue weighted by Gasteiger charge is -2.21. The average molecular weight is 373 g/mol. The summed E-state index contributed by atoms with van der Waals surface area (Å²) in [6.07, 6.45) is 0. The van der Waals surface area contributed by atoms with Crippen LogP contribution in [0.4, 0.5) is 5.69 Å². The second-order valence-corrected chi connectivity index (χ2v) is 6.40. The van der Waals surface area contributed by atoms with E-state index in [0.29, 0.717) is 28.9 Å². The van der Waals surface area contributed by atoms with Gasteiger partial charge in [0.1, 0.15) is 0 Å². The van der Waals surface area contributed by atoms with Crippen LogP contribution in [0.2, 0.25) is 5.02 Å². The zero-order valence-corrected chi connectivity index (χ0v) is 15.1. The molecule has 3 rings (SSSR count). The molecule has 0 spiro atoms. The Labute approximate surface area is 155 Å². The lowest BCUT2D eigenvalue weighted by molar-refractivity contribution is -0.384. The van der Waals surface area contributed by atoms with E-state index < -0.39 is 4.92 Å². The highest BCUT2D eigenvalue weighted by Gasteiger charge is 2.19. The van der Waals surface area contributed by atoms with Crippen molar-refractivity contribution in [2.45, 2.75) is 19.5 Å². The molecular weight excluding hydrogens is 356 g/mol. The Balaban J connectivity index is 1.71. The van der Waals surface area contributed by atoms with Gasteiger partial charge in [-0.3, -0.25) is 15.0 Å². The molecular formula is C18H17ClN4O3. The maximum absolute atomic E-state index is 10.7. The zero-order valence-electron chi connectivity index (χ0n) is 14.3. The van der Waals surface area contributed by atoms with Gasteiger partial charge < -0.3 is 4.42 Å². The van der Waals surface area contributed by atoms with Crippen molar-refractivity contribution in [3.05, 3.63) is 75.1 Å². The summed E-state index contributed by atoms with van der Waals surface area (Å²) >= 11 is 5.91. The quantitative estimate of drug-likeness (QED) is 0.468. The van der Waals surface area contributed by atoms with Crippen LogP contribution >= 0.6 is 11.6 Å². The lowest BCUT2D eigenvalue weighted by atomic mass is 10.2. The van der Waals surface area contributed by atoms with Crippen molar-refractivity contribution in [2.75, 3.05) is 7.05 Å². The smallest absolute Gasteiger partial charge is 0.269 e. The lowest BCUT2D eigenvalue weighted by Crippen LogP contribution is -2.22. The summed E-state index contributed by atoms with van der Waals surface area (Å²) < 4.78 is 5.75. The number of nitro benzene ring substituents is 1. The molecule has 0 saturated heterocycles. The van der Waals surface area contributed by atoms with Crippen LogP contribution < -0.4 is 0 Å². The van der Waals surface area contributed by atoms with Crippen LogP contribution in [0.25, 0.3) is 11.5 Å². The molecule has 3 aromatic rings. The minimum absolute atomic E-state index is 0.0181. The number of benzene rings is 2. The van der Waals surface area contributed by atoms with E-state index in [2.05, 4.69) is 15.1 Å². The second-order valence-electron chi connectivity index (χ2n) is 5.97. The standard InChI is InChI=1S/C18H17ClN4O3/c1-12(22(2)11-13-3-7-15(19)8-4-13)17-20-21-18(26-17)14-5-9-16(10-6-14)23(24)25/h3-10,12H,11H2,1-2H3/t12-/m0/s1. The van der Waals surface area contributed by atoms with E-state index in [-0.39, 0.29) is 11.7 Å². The third-order valence-corrected chi connectivity index (χ3v) is 4.38. The molecule has 2 aromatic carbocycles. The van der Waals surface area contributed by atoms with E-state index in [4.69, 9.17) is 16.0 Å². The number of rotatable bonds is 6. The van der Waals surface area contributed by atoms with Gasteiger partial charge in [0.05, 0.1) is 11.0 Å². The normalized spacial score (nSPS) is 12.3. The van der Waals surface area contributed by atoms with Gasteiger partial charge in [0, 0.05) is 29.3 Å². The Hall–Kier alpha value is -2.77. The first-order valence-electron chi connectivity index (χ1n) is 7.97. The zero-order chi connectivity index (χ0) is 18.7. The average Bonchev–Trinajstić information content (AvgIpc) is 3.13. The molecule has 1 heterocycles. The molecule has 0 saturated carbocycles. The fourth-order valence-corrected chi connectivity index (χ4v) is 2.58. The SMILES string of the molecule is C[C@@H](c1nnc(-c2ccc([N+](=O)[O-])cc2)o1)N(C)Cc1ccc(Cl)cc1. The highest BCUT2D eigenvalue weighted by Crippen LogP contribution is 2.25. The van der Waals surface area contributed by atoms with Crippen molar-refractivity contribution in [3.8, 4) is 11.5 Å². The monoisotopic (exact) mass is 372 g/mol. The summed E-state index contributed by atoms with van der Waals surface area (Å²) in [5.41, 5.74) is 1.78. The number of halogens is 1. The Morgan fingerprint density at radius 3 is 2.42 bits per heavy atom. The molecule has 1 aromatic heterocycles. The largest absolute Gasteiger partial charge is 0.419 e. The first-order valence-corrected chi connectivity index (χ1v) is 8.35. The van der Waals surface area contributed by atoms with Crippen LogP contribution in [0, 0.1) is 10.1 Å². The predicted octanol–water partition coefficient (Wildman–Crippen LogP) is 4.49. The Bertz CT molecular complexity index is 894. The van der Waals surface area contributed by atoms with E-state index in [9.17, 15) is 10.1 Å². The second kappa shape index (κ2) is 7.63. The fraction of sp³-hybridized carbons (Fsp3) is 0.222. The summed E-state index contributed by atoms with van der Waals surface area (Å²) in [5, 5.41) is 19.6. The minimum atomic E-state index is -0.448. The van der Waals surface area contributed by atoms with Crippen LogP contribution in [0.1, 0.15) is 24.4 Å². The van der Waals surface area contributed by atoms with Crippen LogP contribution in [-0.2, 0) is 6.54 Å². The van der Waals surface area contributed by atoms with Gasteiger partial charge >= 0.3 is 0 Å². The Morgan fingerprint density at radius 2 is 1.81 bits per heavy atom. The van der Waals surface area contributed by atoms with Gasteiger partial charge in [-0.05, 0) is 43.8 Å². The fourth-order valence-electron chi connectivity index (χ4n) is 2.45. The molecule has 0 aliphatic heterocycles. The molecule has 0 aliphatic rings. The maximum atomic E-state index is 10.7. The first kappa shape index (κ1) is 18.0. The van der Waals surface area contributed by atoms with Crippen molar-refractivity contribution in [2.24, 2.45) is 0 Å². The third kappa shape index (κ3) is 4.07. The first-order chi connectivity index (χ1) is 12.4. The van der Waals surface area contributed by atoms with E-state index in [1.54, 1.807) is 12.1 Å². The summed E-state index contributed by atoms with van der Waals surface area (Å²) in [6, 6.07) is 13.6. The summed E-state index contributed by atoms with van der Waals surface area (Å²) in [5.74, 6) is 0.816. The third-order valence-electron chi connectivity index (χ3n) is 4.13. The number of nitro groups is 1. The Morgan fingerprint density at radius 1 is 1.15 bits per heavy atom. The molecule has 26 heavy (non-hydrogen) atoms. The topological polar surface area (TPSA) is 85.3 Å². The molecule has 134 valence electrons. The molecule has 8 heteroatoms. The number of aromatic nitrogens is 2. The molecule has 0 aliphatic carbocycles. The summed E-state index contributed by atoms with van der Waals surface area (Å²) in [7, 11) is 1.97. The van der Waals surface area contributed by atoms with Crippen molar-refractivity contribution in [3.63, 3.8) is 0 Å². The van der Waals surface area contributed by atoms with Crippen molar-refractivity contribution >= 4 is 17.3 Å². The predicted molar refractivity (Wildman–Crippen MR) is 97.7 cm³/mol. The van der Waals surface area contributed by atoms with Gasteiger partial charge in [-0.2, -0.15) is 0 Å². The van der Waals surface area contributed by atoms with Crippen molar-refractivity contribution in [1.82, 2.24) is 15.1 Å². The molecule has 0 unspecified atom stereocenters. The van der Waals surface area contributed by atoms with Gasteiger partial charge in [-0.25, -0.2) is 0 Å². The number of nitrogens with zero attached hydrogens (tertiary/aromatic N) is 4. The molecule has 1 atom stereocenters. The molecule has 0 bridgehead atoms. The van der Waals surface area contributed by atoms with Crippen LogP contribution in [-0.4, -0.2) is 27.1 Å². The van der Waals surface area contributed by atoms with Crippen LogP contribution in [0.3, 0.4) is 0 Å². The van der Waals surface area contributed by atoms with E-state index >= 15 is 0 Å². The van der Waals surface area contributed by atoms with Gasteiger partial charge in [0.25, 0.3) is 5.69 Å². The van der Waals surface area contributed by atoms with Crippen molar-refractivity contribution < 1.29 is 9.34 Å². The van der Waals surface area contributed by atoms with Crippen LogP contribution in [0.5, 0.6) is 0 Å². The summed E-state index contributed by atoms with van der Waals surface area (Å²) in [4.78, 5) is 12.4. The number of non-ortho nitro benzene ring substituents is 1.